The van der Waals surface area contributed by atoms with Crippen molar-refractivity contribution in [2.45, 2.75) is 20.0 Å². The Bertz CT molecular complexity index is 95.6. The van der Waals surface area contributed by atoms with Gasteiger partial charge in [0.2, 0.25) is 0 Å². The van der Waals surface area contributed by atoms with E-state index in [9.17, 15) is 0 Å². The Balaban J connectivity index is 0. The number of alkyl halides is 1. The fraction of sp³-hybridized carbons (Fsp3) is 0.800. The monoisotopic (exact) mass is 276 g/mol. The van der Waals surface area contributed by atoms with E-state index in [1.165, 1.54) is 0 Å². The predicted octanol–water partition coefficient (Wildman–Crippen LogP) is 1.25. The summed E-state index contributed by atoms with van der Waals surface area (Å²) in [6.07, 6.45) is 0. The van der Waals surface area contributed by atoms with Gasteiger partial charge in [-0.05, 0) is 13.1 Å². The third-order valence-corrected chi connectivity index (χ3v) is 6.58. The van der Waals surface area contributed by atoms with Gasteiger partial charge in [-0.1, -0.05) is 22.6 Å². The Morgan fingerprint density at radius 1 is 1.60 bits per heavy atom. The van der Waals surface area contributed by atoms with Gasteiger partial charge in [-0.25, -0.2) is 0 Å². The molecular formula is C5H13IO3Si. The molecule has 0 aliphatic heterocycles. The summed E-state index contributed by atoms with van der Waals surface area (Å²) < 4.78 is 0.935. The van der Waals surface area contributed by atoms with Gasteiger partial charge in [0.25, 0.3) is 5.97 Å². The number of halogens is 1. The third kappa shape index (κ3) is 40.0. The lowest BCUT2D eigenvalue weighted by atomic mass is 10.9. The van der Waals surface area contributed by atoms with Crippen molar-refractivity contribution >= 4 is 36.9 Å². The number of aliphatic carboxylic acids is 1. The SMILES string of the molecule is CC(=O)O.C[Si](C)(O)CI. The van der Waals surface area contributed by atoms with Crippen molar-refractivity contribution < 1.29 is 14.7 Å². The fourth-order valence-corrected chi connectivity index (χ4v) is 0. The minimum Gasteiger partial charge on any atom is -0.481 e. The van der Waals surface area contributed by atoms with Crippen LogP contribution in [0.4, 0.5) is 0 Å². The maximum atomic E-state index is 9.00. The van der Waals surface area contributed by atoms with E-state index in [1.807, 2.05) is 13.1 Å². The molecule has 2 N–H and O–H groups in total. The fourth-order valence-electron chi connectivity index (χ4n) is 0. The van der Waals surface area contributed by atoms with E-state index in [0.717, 1.165) is 11.0 Å². The van der Waals surface area contributed by atoms with E-state index in [1.54, 1.807) is 0 Å². The molecule has 0 spiro atoms. The van der Waals surface area contributed by atoms with Crippen molar-refractivity contribution in [2.24, 2.45) is 0 Å². The Hall–Kier alpha value is 0.377. The average molecular weight is 276 g/mol. The van der Waals surface area contributed by atoms with Gasteiger partial charge >= 0.3 is 0 Å². The summed E-state index contributed by atoms with van der Waals surface area (Å²) in [5, 5.41) is 7.42. The lowest BCUT2D eigenvalue weighted by Crippen LogP contribution is -2.26. The van der Waals surface area contributed by atoms with Gasteiger partial charge in [-0.2, -0.15) is 0 Å². The summed E-state index contributed by atoms with van der Waals surface area (Å²) in [5.41, 5.74) is 0. The lowest BCUT2D eigenvalue weighted by molar-refractivity contribution is -0.134. The normalized spacial score (nSPS) is 9.70. The van der Waals surface area contributed by atoms with Gasteiger partial charge in [0, 0.05) is 11.0 Å². The predicted molar refractivity (Wildman–Crippen MR) is 51.9 cm³/mol. The molecule has 0 unspecified atom stereocenters. The molecule has 0 rings (SSSR count). The number of carbonyl (C=O) groups is 1. The van der Waals surface area contributed by atoms with Gasteiger partial charge in [-0.15, -0.1) is 0 Å². The van der Waals surface area contributed by atoms with Crippen LogP contribution in [0.2, 0.25) is 13.1 Å². The molecular weight excluding hydrogens is 263 g/mol. The molecule has 0 fully saturated rings. The van der Waals surface area contributed by atoms with Crippen LogP contribution < -0.4 is 0 Å². The Labute approximate surface area is 75.7 Å². The summed E-state index contributed by atoms with van der Waals surface area (Å²) in [6.45, 7) is 4.94. The second-order valence-electron chi connectivity index (χ2n) is 2.47. The largest absolute Gasteiger partial charge is 0.481 e. The van der Waals surface area contributed by atoms with Crippen LogP contribution in [0, 0.1) is 0 Å². The van der Waals surface area contributed by atoms with Crippen LogP contribution in [-0.2, 0) is 4.79 Å². The first-order chi connectivity index (χ1) is 4.29. The molecule has 0 amide bonds. The third-order valence-electron chi connectivity index (χ3n) is 0.327. The van der Waals surface area contributed by atoms with Crippen molar-refractivity contribution in [3.63, 3.8) is 0 Å². The Morgan fingerprint density at radius 2 is 1.70 bits per heavy atom. The van der Waals surface area contributed by atoms with Crippen molar-refractivity contribution in [1.29, 1.82) is 0 Å². The first-order valence-electron chi connectivity index (χ1n) is 2.77. The topological polar surface area (TPSA) is 57.5 Å². The van der Waals surface area contributed by atoms with Crippen LogP contribution >= 0.6 is 22.6 Å². The number of hydrogen-bond acceptors (Lipinski definition) is 2. The number of carboxylic acid groups (broad SMARTS) is 1. The molecule has 62 valence electrons. The molecule has 0 heterocycles. The molecule has 0 aliphatic carbocycles. The molecule has 0 aromatic carbocycles. The van der Waals surface area contributed by atoms with E-state index in [4.69, 9.17) is 14.7 Å². The Kier molecular flexibility index (Phi) is 7.95. The summed E-state index contributed by atoms with van der Waals surface area (Å²) in [7, 11) is -1.64. The molecule has 0 radical (unpaired) electrons. The van der Waals surface area contributed by atoms with Crippen LogP contribution in [0.15, 0.2) is 0 Å². The summed E-state index contributed by atoms with van der Waals surface area (Å²) in [4.78, 5) is 18.0. The molecule has 5 heteroatoms. The van der Waals surface area contributed by atoms with Crippen molar-refractivity contribution in [1.82, 2.24) is 0 Å². The van der Waals surface area contributed by atoms with E-state index in [2.05, 4.69) is 22.6 Å². The van der Waals surface area contributed by atoms with Gasteiger partial charge in [0.1, 0.15) is 0 Å². The van der Waals surface area contributed by atoms with Crippen LogP contribution in [0.3, 0.4) is 0 Å². The van der Waals surface area contributed by atoms with Crippen molar-refractivity contribution in [3.05, 3.63) is 0 Å². The molecule has 0 aromatic rings. The number of carboxylic acids is 1. The van der Waals surface area contributed by atoms with Crippen LogP contribution in [-0.4, -0.2) is 28.2 Å². The van der Waals surface area contributed by atoms with E-state index < -0.39 is 14.3 Å². The second-order valence-corrected chi connectivity index (χ2v) is 8.65. The van der Waals surface area contributed by atoms with Crippen LogP contribution in [0.1, 0.15) is 6.92 Å². The molecule has 0 saturated carbocycles. The number of rotatable bonds is 1. The zero-order valence-corrected chi connectivity index (χ0v) is 9.55. The van der Waals surface area contributed by atoms with Gasteiger partial charge in [0.15, 0.2) is 8.32 Å². The maximum absolute atomic E-state index is 9.00. The highest BCUT2D eigenvalue weighted by Gasteiger charge is 2.12. The van der Waals surface area contributed by atoms with Crippen molar-refractivity contribution in [3.8, 4) is 0 Å². The minimum absolute atomic E-state index is 0.833. The van der Waals surface area contributed by atoms with E-state index in [-0.39, 0.29) is 0 Å². The smallest absolute Gasteiger partial charge is 0.300 e. The average Bonchev–Trinajstić information content (AvgIpc) is 1.63. The van der Waals surface area contributed by atoms with Gasteiger partial charge < -0.3 is 9.90 Å². The van der Waals surface area contributed by atoms with Gasteiger partial charge in [-0.3, -0.25) is 4.79 Å². The van der Waals surface area contributed by atoms with E-state index >= 15 is 0 Å². The summed E-state index contributed by atoms with van der Waals surface area (Å²) in [5.74, 6) is -0.833. The maximum Gasteiger partial charge on any atom is 0.300 e. The highest BCUT2D eigenvalue weighted by atomic mass is 127. The molecule has 0 atom stereocenters. The molecule has 0 saturated heterocycles. The molecule has 0 bridgehead atoms. The molecule has 0 aromatic heterocycles. The zero-order valence-electron chi connectivity index (χ0n) is 6.39. The number of hydrogen-bond donors (Lipinski definition) is 2. The lowest BCUT2D eigenvalue weighted by Gasteiger charge is -2.06. The van der Waals surface area contributed by atoms with Crippen LogP contribution in [0.5, 0.6) is 0 Å². The molecule has 10 heavy (non-hydrogen) atoms. The van der Waals surface area contributed by atoms with Crippen LogP contribution in [0.25, 0.3) is 0 Å². The van der Waals surface area contributed by atoms with Gasteiger partial charge in [0.05, 0.1) is 0 Å². The molecule has 3 nitrogen and oxygen atoms in total. The van der Waals surface area contributed by atoms with E-state index in [0.29, 0.717) is 0 Å². The first-order valence-corrected chi connectivity index (χ1v) is 7.45. The zero-order chi connectivity index (χ0) is 8.78. The standard InChI is InChI=1S/C3H9IOSi.C2H4O2/c1-6(2,5)3-4;1-2(3)4/h5H,3H2,1-2H3;1H3,(H,3,4). The highest BCUT2D eigenvalue weighted by Crippen LogP contribution is 1.98. The van der Waals surface area contributed by atoms with Crippen molar-refractivity contribution in [2.75, 3.05) is 4.05 Å². The quantitative estimate of drug-likeness (QED) is 0.430. The highest BCUT2D eigenvalue weighted by molar-refractivity contribution is 14.1. The molecule has 0 aliphatic rings. The minimum atomic E-state index is -1.64. The summed E-state index contributed by atoms with van der Waals surface area (Å²) >= 11 is 2.21. The second kappa shape index (κ2) is 6.11. The summed E-state index contributed by atoms with van der Waals surface area (Å²) in [6, 6.07) is 0. The first kappa shape index (κ1) is 13.0. The Morgan fingerprint density at radius 3 is 1.70 bits per heavy atom.